The van der Waals surface area contributed by atoms with Crippen molar-refractivity contribution in [3.63, 3.8) is 0 Å². The molecule has 3 rings (SSSR count). The monoisotopic (exact) mass is 549 g/mol. The van der Waals surface area contributed by atoms with E-state index in [2.05, 4.69) is 17.5 Å². The fourth-order valence-electron chi connectivity index (χ4n) is 3.98. The third kappa shape index (κ3) is 9.25. The second-order valence-corrected chi connectivity index (χ2v) is 11.4. The van der Waals surface area contributed by atoms with Crippen LogP contribution in [0.25, 0.3) is 0 Å². The highest BCUT2D eigenvalue weighted by molar-refractivity contribution is 7.92. The molecule has 39 heavy (non-hydrogen) atoms. The maximum absolute atomic E-state index is 13.4. The fourth-order valence-corrected chi connectivity index (χ4v) is 5.42. The van der Waals surface area contributed by atoms with E-state index in [0.29, 0.717) is 12.3 Å². The zero-order valence-electron chi connectivity index (χ0n) is 23.1. The summed E-state index contributed by atoms with van der Waals surface area (Å²) < 4.78 is 33.8. The van der Waals surface area contributed by atoms with Crippen molar-refractivity contribution in [1.29, 1.82) is 0 Å². The van der Waals surface area contributed by atoms with Crippen molar-refractivity contribution in [1.82, 2.24) is 5.43 Å². The Labute approximate surface area is 233 Å². The van der Waals surface area contributed by atoms with E-state index in [0.717, 1.165) is 33.2 Å². The highest BCUT2D eigenvalue weighted by atomic mass is 32.2. The highest BCUT2D eigenvalue weighted by Crippen LogP contribution is 2.25. The number of nitrogens with zero attached hydrogens (tertiary/aromatic N) is 2. The lowest BCUT2D eigenvalue weighted by molar-refractivity contribution is -0.119. The number of hydrogen-bond donors (Lipinski definition) is 1. The number of hydrazone groups is 1. The molecule has 8 heteroatoms. The molecule has 0 saturated carbocycles. The summed E-state index contributed by atoms with van der Waals surface area (Å²) >= 11 is 0. The maximum Gasteiger partial charge on any atom is 0.264 e. The van der Waals surface area contributed by atoms with Crippen molar-refractivity contribution in [2.24, 2.45) is 5.10 Å². The van der Waals surface area contributed by atoms with Crippen molar-refractivity contribution in [3.05, 3.63) is 89.5 Å². The van der Waals surface area contributed by atoms with Crippen LogP contribution >= 0.6 is 0 Å². The normalized spacial score (nSPS) is 11.5. The van der Waals surface area contributed by atoms with Gasteiger partial charge in [-0.2, -0.15) is 5.10 Å². The second kappa shape index (κ2) is 15.1. The minimum atomic E-state index is -3.97. The lowest BCUT2D eigenvalue weighted by atomic mass is 10.1. The summed E-state index contributed by atoms with van der Waals surface area (Å²) in [4.78, 5) is 12.9. The van der Waals surface area contributed by atoms with Gasteiger partial charge in [0.1, 0.15) is 12.3 Å². The molecule has 0 fully saturated rings. The van der Waals surface area contributed by atoms with E-state index >= 15 is 0 Å². The third-order valence-electron chi connectivity index (χ3n) is 6.45. The minimum absolute atomic E-state index is 0.110. The first-order chi connectivity index (χ1) is 18.8. The number of carbonyl (C=O) groups is 1. The maximum atomic E-state index is 13.4. The van der Waals surface area contributed by atoms with Crippen LogP contribution < -0.4 is 14.5 Å². The number of hydrogen-bond acceptors (Lipinski definition) is 5. The number of benzene rings is 3. The van der Waals surface area contributed by atoms with Crippen LogP contribution in [-0.4, -0.2) is 33.7 Å². The van der Waals surface area contributed by atoms with Gasteiger partial charge in [-0.25, -0.2) is 13.8 Å². The number of amides is 1. The Kier molecular flexibility index (Phi) is 11.6. The molecule has 0 radical (unpaired) electrons. The van der Waals surface area contributed by atoms with Gasteiger partial charge in [0.25, 0.3) is 15.9 Å². The van der Waals surface area contributed by atoms with Crippen molar-refractivity contribution in [3.8, 4) is 5.75 Å². The fraction of sp³-hybridized carbons (Fsp3) is 0.355. The quantitative estimate of drug-likeness (QED) is 0.135. The highest BCUT2D eigenvalue weighted by Gasteiger charge is 2.27. The Morgan fingerprint density at radius 3 is 2.28 bits per heavy atom. The molecule has 0 aliphatic carbocycles. The van der Waals surface area contributed by atoms with Crippen molar-refractivity contribution < 1.29 is 17.9 Å². The van der Waals surface area contributed by atoms with Gasteiger partial charge in [-0.05, 0) is 85.5 Å². The molecule has 0 unspecified atom stereocenters. The smallest absolute Gasteiger partial charge is 0.264 e. The Morgan fingerprint density at radius 2 is 1.59 bits per heavy atom. The van der Waals surface area contributed by atoms with Gasteiger partial charge in [0, 0.05) is 0 Å². The topological polar surface area (TPSA) is 88.1 Å². The van der Waals surface area contributed by atoms with E-state index in [4.69, 9.17) is 4.74 Å². The number of carbonyl (C=O) groups excluding carboxylic acids is 1. The summed E-state index contributed by atoms with van der Waals surface area (Å²) in [6.45, 7) is 6.35. The van der Waals surface area contributed by atoms with Crippen LogP contribution in [0.3, 0.4) is 0 Å². The average Bonchev–Trinajstić information content (AvgIpc) is 2.94. The lowest BCUT2D eigenvalue weighted by Gasteiger charge is -2.24. The molecule has 0 atom stereocenters. The molecule has 0 aromatic heterocycles. The van der Waals surface area contributed by atoms with Gasteiger partial charge >= 0.3 is 0 Å². The molecule has 0 saturated heterocycles. The second-order valence-electron chi connectivity index (χ2n) is 9.57. The lowest BCUT2D eigenvalue weighted by Crippen LogP contribution is -2.39. The first kappa shape index (κ1) is 29.9. The number of aryl methyl sites for hydroxylation is 2. The average molecular weight is 550 g/mol. The van der Waals surface area contributed by atoms with Gasteiger partial charge in [0.15, 0.2) is 0 Å². The molecule has 3 aromatic rings. The molecule has 7 nitrogen and oxygen atoms in total. The first-order valence-electron chi connectivity index (χ1n) is 13.5. The molecule has 1 N–H and O–H groups in total. The van der Waals surface area contributed by atoms with Crippen LogP contribution in [0.2, 0.25) is 0 Å². The van der Waals surface area contributed by atoms with E-state index < -0.39 is 22.5 Å². The molecule has 208 valence electrons. The van der Waals surface area contributed by atoms with Crippen LogP contribution in [0.15, 0.2) is 82.8 Å². The number of rotatable bonds is 15. The number of anilines is 1. The van der Waals surface area contributed by atoms with Crippen molar-refractivity contribution in [2.45, 2.75) is 64.2 Å². The molecule has 0 aliphatic rings. The molecule has 0 bridgehead atoms. The van der Waals surface area contributed by atoms with E-state index in [1.807, 2.05) is 44.2 Å². The van der Waals surface area contributed by atoms with Gasteiger partial charge in [0.05, 0.1) is 23.4 Å². The van der Waals surface area contributed by atoms with E-state index in [-0.39, 0.29) is 4.90 Å². The SMILES string of the molecule is CCCCCCCCOc1ccc(C=NNC(=O)CN(c2ccc(C)c(C)c2)S(=O)(=O)c2ccccc2)cc1. The minimum Gasteiger partial charge on any atom is -0.494 e. The Morgan fingerprint density at radius 1 is 0.897 bits per heavy atom. The van der Waals surface area contributed by atoms with Crippen molar-refractivity contribution >= 4 is 27.8 Å². The van der Waals surface area contributed by atoms with Crippen LogP contribution in [-0.2, 0) is 14.8 Å². The summed E-state index contributed by atoms with van der Waals surface area (Å²) in [5, 5.41) is 4.03. The molecule has 1 amide bonds. The summed E-state index contributed by atoms with van der Waals surface area (Å²) in [6, 6.07) is 20.8. The van der Waals surface area contributed by atoms with Gasteiger partial charge in [-0.3, -0.25) is 9.10 Å². The number of sulfonamides is 1. The predicted molar refractivity (Wildman–Crippen MR) is 158 cm³/mol. The van der Waals surface area contributed by atoms with Gasteiger partial charge in [-0.1, -0.05) is 63.3 Å². The largest absolute Gasteiger partial charge is 0.494 e. The summed E-state index contributed by atoms with van der Waals surface area (Å²) in [5.41, 5.74) is 5.61. The van der Waals surface area contributed by atoms with E-state index in [9.17, 15) is 13.2 Å². The molecule has 0 heterocycles. The molecular formula is C31H39N3O4S. The first-order valence-corrected chi connectivity index (χ1v) is 14.9. The summed E-state index contributed by atoms with van der Waals surface area (Å²) in [7, 11) is -3.97. The molecule has 0 aliphatic heterocycles. The molecule has 3 aromatic carbocycles. The standard InChI is InChI=1S/C31H39N3O4S/c1-4-5-6-7-8-12-21-38-29-19-16-27(17-20-29)23-32-33-31(35)24-34(28-18-15-25(2)26(3)22-28)39(36,37)30-13-10-9-11-14-30/h9-11,13-20,22-23H,4-8,12,21,24H2,1-3H3,(H,33,35). The van der Waals surface area contributed by atoms with Crippen molar-refractivity contribution in [2.75, 3.05) is 17.5 Å². The number of nitrogens with one attached hydrogen (secondary N) is 1. The summed E-state index contributed by atoms with van der Waals surface area (Å²) in [5.74, 6) is 0.239. The number of unbranched alkanes of at least 4 members (excludes halogenated alkanes) is 5. The zero-order chi connectivity index (χ0) is 28.1. The van der Waals surface area contributed by atoms with Gasteiger partial charge < -0.3 is 4.74 Å². The Hall–Kier alpha value is -3.65. The third-order valence-corrected chi connectivity index (χ3v) is 8.23. The van der Waals surface area contributed by atoms with Gasteiger partial charge in [-0.15, -0.1) is 0 Å². The van der Waals surface area contributed by atoms with Crippen LogP contribution in [0.4, 0.5) is 5.69 Å². The van der Waals surface area contributed by atoms with E-state index in [1.54, 1.807) is 30.3 Å². The number of ether oxygens (including phenoxy) is 1. The summed E-state index contributed by atoms with van der Waals surface area (Å²) in [6.07, 6.45) is 8.81. The zero-order valence-corrected chi connectivity index (χ0v) is 23.9. The Bertz CT molecular complexity index is 1320. The molecule has 0 spiro atoms. The Balaban J connectivity index is 1.59. The van der Waals surface area contributed by atoms with Crippen LogP contribution in [0.5, 0.6) is 5.75 Å². The van der Waals surface area contributed by atoms with Gasteiger partial charge in [0.2, 0.25) is 0 Å². The molecular weight excluding hydrogens is 510 g/mol. The predicted octanol–water partition coefficient (Wildman–Crippen LogP) is 6.39. The van der Waals surface area contributed by atoms with Crippen LogP contribution in [0, 0.1) is 13.8 Å². The van der Waals surface area contributed by atoms with Crippen LogP contribution in [0.1, 0.15) is 62.1 Å². The van der Waals surface area contributed by atoms with E-state index in [1.165, 1.54) is 50.5 Å².